The van der Waals surface area contributed by atoms with Crippen molar-refractivity contribution in [1.82, 2.24) is 4.98 Å². The third-order valence-electron chi connectivity index (χ3n) is 2.99. The summed E-state index contributed by atoms with van der Waals surface area (Å²) in [6.07, 6.45) is 1.20. The molecule has 0 amide bonds. The van der Waals surface area contributed by atoms with Crippen LogP contribution in [0.1, 0.15) is 12.0 Å². The third kappa shape index (κ3) is 4.33. The van der Waals surface area contributed by atoms with Crippen molar-refractivity contribution in [3.8, 4) is 0 Å². The lowest BCUT2D eigenvalue weighted by Crippen LogP contribution is -2.23. The molecule has 0 fully saturated rings. The SMILES string of the molecule is CSCCC(O)C(=O)OCc1cc2ccccc2nc1Cl. The second-order valence-electron chi connectivity index (χ2n) is 4.54. The molecule has 1 atom stereocenters. The fourth-order valence-electron chi connectivity index (χ4n) is 1.83. The summed E-state index contributed by atoms with van der Waals surface area (Å²) in [5.74, 6) is 0.0717. The Labute approximate surface area is 132 Å². The van der Waals surface area contributed by atoms with E-state index < -0.39 is 12.1 Å². The highest BCUT2D eigenvalue weighted by molar-refractivity contribution is 7.98. The Morgan fingerprint density at radius 3 is 3.00 bits per heavy atom. The number of rotatable bonds is 6. The van der Waals surface area contributed by atoms with Gasteiger partial charge in [-0.1, -0.05) is 29.8 Å². The molecule has 1 unspecified atom stereocenters. The Hall–Kier alpha value is -1.30. The van der Waals surface area contributed by atoms with Crippen molar-refractivity contribution in [3.05, 3.63) is 41.0 Å². The van der Waals surface area contributed by atoms with Crippen LogP contribution in [0.25, 0.3) is 10.9 Å². The van der Waals surface area contributed by atoms with Crippen LogP contribution in [0.5, 0.6) is 0 Å². The maximum absolute atomic E-state index is 11.7. The average molecular weight is 326 g/mol. The monoisotopic (exact) mass is 325 g/mol. The van der Waals surface area contributed by atoms with Gasteiger partial charge in [0.25, 0.3) is 0 Å². The molecule has 0 saturated heterocycles. The standard InChI is InChI=1S/C15H16ClNO3S/c1-21-7-6-13(18)15(19)20-9-11-8-10-4-2-3-5-12(10)17-14(11)16/h2-5,8,13,18H,6-7,9H2,1H3. The fourth-order valence-corrected chi connectivity index (χ4v) is 2.49. The zero-order chi connectivity index (χ0) is 15.2. The summed E-state index contributed by atoms with van der Waals surface area (Å²) >= 11 is 7.65. The number of aliphatic hydroxyl groups excluding tert-OH is 1. The van der Waals surface area contributed by atoms with Crippen LogP contribution in [0.15, 0.2) is 30.3 Å². The number of ether oxygens (including phenoxy) is 1. The van der Waals surface area contributed by atoms with Crippen molar-refractivity contribution in [2.24, 2.45) is 0 Å². The number of carbonyl (C=O) groups is 1. The van der Waals surface area contributed by atoms with E-state index in [0.717, 1.165) is 10.9 Å². The van der Waals surface area contributed by atoms with Gasteiger partial charge in [0.1, 0.15) is 11.8 Å². The van der Waals surface area contributed by atoms with E-state index in [1.54, 1.807) is 11.8 Å². The Bertz CT molecular complexity index is 635. The van der Waals surface area contributed by atoms with Crippen LogP contribution in [-0.2, 0) is 16.1 Å². The Kier molecular flexibility index (Phi) is 5.85. The van der Waals surface area contributed by atoms with Crippen molar-refractivity contribution in [2.75, 3.05) is 12.0 Å². The number of hydrogen-bond donors (Lipinski definition) is 1. The molecule has 0 saturated carbocycles. The summed E-state index contributed by atoms with van der Waals surface area (Å²) in [5.41, 5.74) is 1.42. The Morgan fingerprint density at radius 2 is 2.24 bits per heavy atom. The first-order chi connectivity index (χ1) is 10.1. The maximum atomic E-state index is 11.7. The van der Waals surface area contributed by atoms with Gasteiger partial charge in [0.2, 0.25) is 0 Å². The molecule has 2 aromatic rings. The number of carbonyl (C=O) groups excluding carboxylic acids is 1. The Balaban J connectivity index is 2.03. The molecule has 1 aromatic carbocycles. The van der Waals surface area contributed by atoms with Crippen LogP contribution in [-0.4, -0.2) is 34.2 Å². The third-order valence-corrected chi connectivity index (χ3v) is 3.96. The quantitative estimate of drug-likeness (QED) is 0.653. The van der Waals surface area contributed by atoms with Gasteiger partial charge in [0.05, 0.1) is 5.52 Å². The van der Waals surface area contributed by atoms with Gasteiger partial charge in [-0.25, -0.2) is 9.78 Å². The van der Waals surface area contributed by atoms with E-state index in [4.69, 9.17) is 16.3 Å². The van der Waals surface area contributed by atoms with Gasteiger partial charge < -0.3 is 9.84 Å². The molecule has 0 aliphatic rings. The first kappa shape index (κ1) is 16.1. The summed E-state index contributed by atoms with van der Waals surface area (Å²) in [6, 6.07) is 9.40. The number of esters is 1. The number of para-hydroxylation sites is 1. The van der Waals surface area contributed by atoms with Crippen molar-refractivity contribution < 1.29 is 14.6 Å². The van der Waals surface area contributed by atoms with Crippen LogP contribution < -0.4 is 0 Å². The number of pyridine rings is 1. The number of thioether (sulfide) groups is 1. The van der Waals surface area contributed by atoms with Gasteiger partial charge in [-0.05, 0) is 30.6 Å². The van der Waals surface area contributed by atoms with E-state index in [2.05, 4.69) is 4.98 Å². The van der Waals surface area contributed by atoms with E-state index in [9.17, 15) is 9.90 Å². The minimum Gasteiger partial charge on any atom is -0.459 e. The van der Waals surface area contributed by atoms with E-state index in [0.29, 0.717) is 22.9 Å². The zero-order valence-electron chi connectivity index (χ0n) is 11.6. The number of fused-ring (bicyclic) bond motifs is 1. The fraction of sp³-hybridized carbons (Fsp3) is 0.333. The first-order valence-corrected chi connectivity index (χ1v) is 8.27. The van der Waals surface area contributed by atoms with Crippen molar-refractivity contribution in [3.63, 3.8) is 0 Å². The molecule has 0 aliphatic heterocycles. The van der Waals surface area contributed by atoms with Gasteiger partial charge >= 0.3 is 5.97 Å². The number of aromatic nitrogens is 1. The molecule has 112 valence electrons. The van der Waals surface area contributed by atoms with E-state index in [1.165, 1.54) is 0 Å². The number of benzene rings is 1. The lowest BCUT2D eigenvalue weighted by Gasteiger charge is -2.11. The molecule has 0 aliphatic carbocycles. The molecule has 2 rings (SSSR count). The maximum Gasteiger partial charge on any atom is 0.335 e. The van der Waals surface area contributed by atoms with Crippen LogP contribution in [0.2, 0.25) is 5.15 Å². The van der Waals surface area contributed by atoms with Crippen LogP contribution in [0.4, 0.5) is 0 Å². The van der Waals surface area contributed by atoms with E-state index in [-0.39, 0.29) is 6.61 Å². The second-order valence-corrected chi connectivity index (χ2v) is 5.88. The van der Waals surface area contributed by atoms with Crippen molar-refractivity contribution in [1.29, 1.82) is 0 Å². The second kappa shape index (κ2) is 7.64. The molecule has 1 heterocycles. The van der Waals surface area contributed by atoms with Crippen molar-refractivity contribution >= 4 is 40.2 Å². The van der Waals surface area contributed by atoms with Crippen molar-refractivity contribution in [2.45, 2.75) is 19.1 Å². The number of halogens is 1. The largest absolute Gasteiger partial charge is 0.459 e. The molecule has 4 nitrogen and oxygen atoms in total. The molecule has 0 bridgehead atoms. The zero-order valence-corrected chi connectivity index (χ0v) is 13.2. The van der Waals surface area contributed by atoms with Gasteiger partial charge in [0.15, 0.2) is 6.10 Å². The summed E-state index contributed by atoms with van der Waals surface area (Å²) in [5, 5.41) is 10.9. The molecule has 0 spiro atoms. The number of aliphatic hydroxyl groups is 1. The summed E-state index contributed by atoms with van der Waals surface area (Å²) in [6.45, 7) is 0.00578. The van der Waals surface area contributed by atoms with Crippen LogP contribution >= 0.6 is 23.4 Å². The van der Waals surface area contributed by atoms with E-state index >= 15 is 0 Å². The summed E-state index contributed by atoms with van der Waals surface area (Å²) < 4.78 is 5.09. The van der Waals surface area contributed by atoms with Crippen LogP contribution in [0.3, 0.4) is 0 Å². The highest BCUT2D eigenvalue weighted by Gasteiger charge is 2.17. The number of nitrogens with zero attached hydrogens (tertiary/aromatic N) is 1. The normalized spacial score (nSPS) is 12.3. The topological polar surface area (TPSA) is 59.4 Å². The van der Waals surface area contributed by atoms with Gasteiger partial charge in [-0.15, -0.1) is 0 Å². The smallest absolute Gasteiger partial charge is 0.335 e. The molecule has 1 aromatic heterocycles. The molecule has 1 N–H and O–H groups in total. The summed E-state index contributed by atoms with van der Waals surface area (Å²) in [7, 11) is 0. The van der Waals surface area contributed by atoms with Gasteiger partial charge in [-0.2, -0.15) is 11.8 Å². The van der Waals surface area contributed by atoms with Crippen LogP contribution in [0, 0.1) is 0 Å². The molecular weight excluding hydrogens is 310 g/mol. The highest BCUT2D eigenvalue weighted by Crippen LogP contribution is 2.21. The average Bonchev–Trinajstić information content (AvgIpc) is 2.50. The lowest BCUT2D eigenvalue weighted by atomic mass is 10.2. The highest BCUT2D eigenvalue weighted by atomic mass is 35.5. The molecular formula is C15H16ClNO3S. The minimum atomic E-state index is -1.09. The molecule has 0 radical (unpaired) electrons. The minimum absolute atomic E-state index is 0.00578. The van der Waals surface area contributed by atoms with Gasteiger partial charge in [-0.3, -0.25) is 0 Å². The Morgan fingerprint density at radius 1 is 1.48 bits per heavy atom. The molecule has 6 heteroatoms. The first-order valence-electron chi connectivity index (χ1n) is 6.49. The van der Waals surface area contributed by atoms with E-state index in [1.807, 2.05) is 36.6 Å². The molecule has 21 heavy (non-hydrogen) atoms. The lowest BCUT2D eigenvalue weighted by molar-refractivity contribution is -0.154. The predicted octanol–water partition coefficient (Wildman–Crippen LogP) is 3.05. The number of hydrogen-bond acceptors (Lipinski definition) is 5. The predicted molar refractivity (Wildman–Crippen MR) is 85.6 cm³/mol. The van der Waals surface area contributed by atoms with Gasteiger partial charge in [0, 0.05) is 10.9 Å². The summed E-state index contributed by atoms with van der Waals surface area (Å²) in [4.78, 5) is 15.9.